The monoisotopic (exact) mass is 323 g/mol. The van der Waals surface area contributed by atoms with Crippen LogP contribution in [0.2, 0.25) is 0 Å². The van der Waals surface area contributed by atoms with E-state index in [-0.39, 0.29) is 5.91 Å². The zero-order valence-electron chi connectivity index (χ0n) is 14.1. The van der Waals surface area contributed by atoms with Crippen LogP contribution in [0.5, 0.6) is 11.5 Å². The van der Waals surface area contributed by atoms with Crippen molar-refractivity contribution in [1.29, 1.82) is 0 Å². The average molecular weight is 323 g/mol. The number of rotatable bonds is 8. The molecule has 0 aliphatic heterocycles. The number of hydrogen-bond donors (Lipinski definition) is 3. The van der Waals surface area contributed by atoms with Gasteiger partial charge in [-0.05, 0) is 31.0 Å². The lowest BCUT2D eigenvalue weighted by Crippen LogP contribution is -2.48. The molecular weight excluding hydrogens is 298 g/mol. The second kappa shape index (κ2) is 9.55. The first-order valence-electron chi connectivity index (χ1n) is 7.54. The fraction of sp³-hybridized carbons (Fsp3) is 0.500. The summed E-state index contributed by atoms with van der Waals surface area (Å²) >= 11 is 0. The van der Waals surface area contributed by atoms with Gasteiger partial charge in [0, 0.05) is 19.2 Å². The quantitative estimate of drug-likeness (QED) is 0.675. The molecule has 0 saturated carbocycles. The van der Waals surface area contributed by atoms with E-state index in [2.05, 4.69) is 16.0 Å². The summed E-state index contributed by atoms with van der Waals surface area (Å²) in [5, 5.41) is 8.02. The molecule has 0 aromatic heterocycles. The second-order valence-electron chi connectivity index (χ2n) is 5.06. The molecule has 0 spiro atoms. The highest BCUT2D eigenvalue weighted by atomic mass is 16.5. The summed E-state index contributed by atoms with van der Waals surface area (Å²) in [4.78, 5) is 23.5. The van der Waals surface area contributed by atoms with Crippen molar-refractivity contribution in [3.8, 4) is 11.5 Å². The lowest BCUT2D eigenvalue weighted by molar-refractivity contribution is -0.122. The van der Waals surface area contributed by atoms with E-state index in [0.29, 0.717) is 24.6 Å². The van der Waals surface area contributed by atoms with E-state index in [9.17, 15) is 9.59 Å². The molecule has 3 amide bonds. The average Bonchev–Trinajstić information content (AvgIpc) is 2.57. The highest BCUT2D eigenvalue weighted by molar-refractivity contribution is 5.86. The summed E-state index contributed by atoms with van der Waals surface area (Å²) in [5.74, 6) is 1.09. The first-order chi connectivity index (χ1) is 11.0. The minimum Gasteiger partial charge on any atom is -0.497 e. The summed E-state index contributed by atoms with van der Waals surface area (Å²) in [6.45, 7) is 4.49. The predicted octanol–water partition coefficient (Wildman–Crippen LogP) is 1.42. The third-order valence-electron chi connectivity index (χ3n) is 3.15. The molecule has 3 N–H and O–H groups in total. The third-order valence-corrected chi connectivity index (χ3v) is 3.15. The standard InChI is InChI=1S/C16H25N3O4/c1-5-6-17-15(20)11(2)19-16(21)18-10-12-7-13(22-3)9-14(8-12)23-4/h7-9,11H,5-6,10H2,1-4H3,(H,17,20)(H2,18,19,21). The normalized spacial score (nSPS) is 11.3. The number of methoxy groups -OCH3 is 2. The largest absolute Gasteiger partial charge is 0.497 e. The van der Waals surface area contributed by atoms with Crippen molar-refractivity contribution in [2.75, 3.05) is 20.8 Å². The zero-order chi connectivity index (χ0) is 17.2. The molecule has 128 valence electrons. The minimum absolute atomic E-state index is 0.204. The fourth-order valence-corrected chi connectivity index (χ4v) is 1.87. The first-order valence-corrected chi connectivity index (χ1v) is 7.54. The van der Waals surface area contributed by atoms with E-state index in [4.69, 9.17) is 9.47 Å². The molecule has 0 saturated heterocycles. The van der Waals surface area contributed by atoms with Crippen molar-refractivity contribution in [2.45, 2.75) is 32.9 Å². The van der Waals surface area contributed by atoms with Crippen LogP contribution in [-0.4, -0.2) is 38.7 Å². The Morgan fingerprint density at radius 3 is 2.22 bits per heavy atom. The molecule has 1 aromatic carbocycles. The van der Waals surface area contributed by atoms with Gasteiger partial charge in [-0.1, -0.05) is 6.92 Å². The molecule has 1 atom stereocenters. The maximum absolute atomic E-state index is 11.8. The van der Waals surface area contributed by atoms with Crippen LogP contribution in [0.25, 0.3) is 0 Å². The Morgan fingerprint density at radius 2 is 1.70 bits per heavy atom. The van der Waals surface area contributed by atoms with Crippen molar-refractivity contribution < 1.29 is 19.1 Å². The molecule has 0 aliphatic rings. The Balaban J connectivity index is 2.51. The highest BCUT2D eigenvalue weighted by Crippen LogP contribution is 2.22. The van der Waals surface area contributed by atoms with Gasteiger partial charge in [0.25, 0.3) is 0 Å². The number of carbonyl (C=O) groups excluding carboxylic acids is 2. The lowest BCUT2D eigenvalue weighted by atomic mass is 10.2. The van der Waals surface area contributed by atoms with E-state index < -0.39 is 12.1 Å². The van der Waals surface area contributed by atoms with Crippen molar-refractivity contribution in [3.63, 3.8) is 0 Å². The molecule has 0 bridgehead atoms. The molecule has 0 fully saturated rings. The van der Waals surface area contributed by atoms with E-state index in [1.54, 1.807) is 39.3 Å². The third kappa shape index (κ3) is 6.46. The van der Waals surface area contributed by atoms with Crippen molar-refractivity contribution >= 4 is 11.9 Å². The molecule has 23 heavy (non-hydrogen) atoms. The van der Waals surface area contributed by atoms with Gasteiger partial charge in [-0.15, -0.1) is 0 Å². The number of urea groups is 1. The highest BCUT2D eigenvalue weighted by Gasteiger charge is 2.14. The molecule has 0 heterocycles. The summed E-state index contributed by atoms with van der Waals surface area (Å²) in [6, 6.07) is 4.36. The van der Waals surface area contributed by atoms with Gasteiger partial charge < -0.3 is 25.4 Å². The smallest absolute Gasteiger partial charge is 0.315 e. The van der Waals surface area contributed by atoms with Gasteiger partial charge >= 0.3 is 6.03 Å². The van der Waals surface area contributed by atoms with E-state index in [0.717, 1.165) is 12.0 Å². The number of ether oxygens (including phenoxy) is 2. The number of carbonyl (C=O) groups is 2. The van der Waals surface area contributed by atoms with Gasteiger partial charge in [-0.2, -0.15) is 0 Å². The molecule has 1 unspecified atom stereocenters. The SMILES string of the molecule is CCCNC(=O)C(C)NC(=O)NCc1cc(OC)cc(OC)c1. The van der Waals surface area contributed by atoms with Gasteiger partial charge in [-0.25, -0.2) is 4.79 Å². The van der Waals surface area contributed by atoms with Crippen molar-refractivity contribution in [1.82, 2.24) is 16.0 Å². The van der Waals surface area contributed by atoms with Gasteiger partial charge in [0.2, 0.25) is 5.91 Å². The summed E-state index contributed by atoms with van der Waals surface area (Å²) in [6.07, 6.45) is 0.850. The maximum Gasteiger partial charge on any atom is 0.315 e. The molecule has 0 aliphatic carbocycles. The fourth-order valence-electron chi connectivity index (χ4n) is 1.87. The molecule has 0 radical (unpaired) electrons. The van der Waals surface area contributed by atoms with E-state index in [1.807, 2.05) is 6.92 Å². The van der Waals surface area contributed by atoms with Crippen LogP contribution >= 0.6 is 0 Å². The Kier molecular flexibility index (Phi) is 7.73. The Morgan fingerprint density at radius 1 is 1.09 bits per heavy atom. The molecule has 7 nitrogen and oxygen atoms in total. The van der Waals surface area contributed by atoms with Gasteiger partial charge in [0.15, 0.2) is 0 Å². The van der Waals surface area contributed by atoms with E-state index in [1.165, 1.54) is 0 Å². The molecule has 1 aromatic rings. The van der Waals surface area contributed by atoms with Gasteiger partial charge in [-0.3, -0.25) is 4.79 Å². The van der Waals surface area contributed by atoms with Gasteiger partial charge in [0.05, 0.1) is 14.2 Å². The van der Waals surface area contributed by atoms with Crippen LogP contribution in [0.1, 0.15) is 25.8 Å². The van der Waals surface area contributed by atoms with Crippen molar-refractivity contribution in [3.05, 3.63) is 23.8 Å². The first kappa shape index (κ1) is 18.6. The topological polar surface area (TPSA) is 88.7 Å². The Labute approximate surface area is 136 Å². The predicted molar refractivity (Wildman–Crippen MR) is 87.7 cm³/mol. The van der Waals surface area contributed by atoms with Crippen LogP contribution < -0.4 is 25.4 Å². The Bertz CT molecular complexity index is 512. The van der Waals surface area contributed by atoms with Gasteiger partial charge in [0.1, 0.15) is 17.5 Å². The zero-order valence-corrected chi connectivity index (χ0v) is 14.1. The summed E-state index contributed by atoms with van der Waals surface area (Å²) in [5.41, 5.74) is 0.833. The molecule has 1 rings (SSSR count). The van der Waals surface area contributed by atoms with Crippen LogP contribution in [0.4, 0.5) is 4.79 Å². The number of amides is 3. The van der Waals surface area contributed by atoms with Crippen molar-refractivity contribution in [2.24, 2.45) is 0 Å². The summed E-state index contributed by atoms with van der Waals surface area (Å²) < 4.78 is 10.4. The van der Waals surface area contributed by atoms with Crippen LogP contribution in [-0.2, 0) is 11.3 Å². The minimum atomic E-state index is -0.596. The lowest BCUT2D eigenvalue weighted by Gasteiger charge is -2.15. The Hall–Kier alpha value is -2.44. The van der Waals surface area contributed by atoms with Crippen LogP contribution in [0.3, 0.4) is 0 Å². The number of hydrogen-bond acceptors (Lipinski definition) is 4. The number of nitrogens with one attached hydrogen (secondary N) is 3. The second-order valence-corrected chi connectivity index (χ2v) is 5.06. The summed E-state index contributed by atoms with van der Waals surface area (Å²) in [7, 11) is 3.13. The maximum atomic E-state index is 11.8. The molecular formula is C16H25N3O4. The van der Waals surface area contributed by atoms with Crippen LogP contribution in [0, 0.1) is 0 Å². The molecule has 7 heteroatoms. The van der Waals surface area contributed by atoms with Crippen LogP contribution in [0.15, 0.2) is 18.2 Å². The number of benzene rings is 1. The van der Waals surface area contributed by atoms with E-state index >= 15 is 0 Å².